The summed E-state index contributed by atoms with van der Waals surface area (Å²) in [6, 6.07) is 13.5. The van der Waals surface area contributed by atoms with Gasteiger partial charge in [-0.1, -0.05) is 6.07 Å². The number of hydrogen-bond acceptors (Lipinski definition) is 6. The number of carbonyl (C=O) groups excluding carboxylic acids is 1. The van der Waals surface area contributed by atoms with Crippen LogP contribution in [0.2, 0.25) is 0 Å². The van der Waals surface area contributed by atoms with Crippen molar-refractivity contribution in [3.8, 4) is 16.3 Å². The first-order chi connectivity index (χ1) is 13.7. The van der Waals surface area contributed by atoms with Crippen LogP contribution in [0.4, 0.5) is 0 Å². The fraction of sp³-hybridized carbons (Fsp3) is 0.200. The Labute approximate surface area is 166 Å². The van der Waals surface area contributed by atoms with Crippen LogP contribution >= 0.6 is 11.3 Å². The molecule has 0 saturated carbocycles. The van der Waals surface area contributed by atoms with Crippen molar-refractivity contribution in [3.05, 3.63) is 65.6 Å². The van der Waals surface area contributed by atoms with Gasteiger partial charge in [0.05, 0.1) is 25.3 Å². The Bertz CT molecular complexity index is 1090. The van der Waals surface area contributed by atoms with Gasteiger partial charge in [0.15, 0.2) is 11.5 Å². The molecule has 0 saturated heterocycles. The van der Waals surface area contributed by atoms with Crippen molar-refractivity contribution in [2.24, 2.45) is 0 Å². The maximum absolute atomic E-state index is 12.3. The van der Waals surface area contributed by atoms with Gasteiger partial charge in [0.2, 0.25) is 5.91 Å². The van der Waals surface area contributed by atoms with E-state index in [4.69, 9.17) is 4.74 Å². The molecule has 4 rings (SSSR count). The van der Waals surface area contributed by atoms with Crippen LogP contribution in [0.1, 0.15) is 18.4 Å². The van der Waals surface area contributed by atoms with Gasteiger partial charge in [-0.2, -0.15) is 0 Å². The highest BCUT2D eigenvalue weighted by Gasteiger charge is 2.11. The summed E-state index contributed by atoms with van der Waals surface area (Å²) in [4.78, 5) is 16.9. The fourth-order valence-corrected chi connectivity index (χ4v) is 3.62. The molecule has 3 heterocycles. The quantitative estimate of drug-likeness (QED) is 0.522. The summed E-state index contributed by atoms with van der Waals surface area (Å²) in [5, 5.41) is 13.9. The molecule has 0 fully saturated rings. The molecule has 7 nitrogen and oxygen atoms in total. The molecule has 8 heteroatoms. The second kappa shape index (κ2) is 8.18. The van der Waals surface area contributed by atoms with Crippen LogP contribution in [0.3, 0.4) is 0 Å². The third-order valence-corrected chi connectivity index (χ3v) is 5.07. The molecule has 4 aromatic rings. The number of nitrogens with zero attached hydrogens (tertiary/aromatic N) is 4. The molecule has 3 aromatic heterocycles. The SMILES string of the molecule is CCOc1ccc(-c2nc(CC(=O)NCc3nnc4ccccn34)cs2)cc1. The number of fused-ring (bicyclic) bond motifs is 1. The summed E-state index contributed by atoms with van der Waals surface area (Å²) in [5.41, 5.74) is 2.51. The third-order valence-electron chi connectivity index (χ3n) is 4.13. The second-order valence-corrected chi connectivity index (χ2v) is 6.96. The molecule has 0 unspecified atom stereocenters. The summed E-state index contributed by atoms with van der Waals surface area (Å²) in [6.45, 7) is 2.91. The average molecular weight is 393 g/mol. The zero-order valence-corrected chi connectivity index (χ0v) is 16.1. The molecule has 1 N–H and O–H groups in total. The van der Waals surface area contributed by atoms with Crippen LogP contribution in [0.5, 0.6) is 5.75 Å². The average Bonchev–Trinajstić information content (AvgIpc) is 3.34. The summed E-state index contributed by atoms with van der Waals surface area (Å²) in [6.07, 6.45) is 2.10. The molecule has 0 aliphatic rings. The van der Waals surface area contributed by atoms with E-state index in [1.807, 2.05) is 65.4 Å². The van der Waals surface area contributed by atoms with Crippen molar-refractivity contribution in [2.75, 3.05) is 6.61 Å². The minimum absolute atomic E-state index is 0.101. The summed E-state index contributed by atoms with van der Waals surface area (Å²) < 4.78 is 7.31. The molecule has 0 radical (unpaired) electrons. The van der Waals surface area contributed by atoms with Crippen molar-refractivity contribution in [2.45, 2.75) is 19.9 Å². The monoisotopic (exact) mass is 393 g/mol. The fourth-order valence-electron chi connectivity index (χ4n) is 2.80. The molecule has 142 valence electrons. The van der Waals surface area contributed by atoms with Crippen LogP contribution in [-0.2, 0) is 17.8 Å². The normalized spacial score (nSPS) is 10.9. The Hall–Kier alpha value is -3.26. The highest BCUT2D eigenvalue weighted by atomic mass is 32.1. The summed E-state index contributed by atoms with van der Waals surface area (Å²) in [7, 11) is 0. The third kappa shape index (κ3) is 4.01. The molecule has 0 spiro atoms. The predicted octanol–water partition coefficient (Wildman–Crippen LogP) is 3.11. The molecule has 0 aliphatic carbocycles. The minimum Gasteiger partial charge on any atom is -0.494 e. The van der Waals surface area contributed by atoms with E-state index in [1.54, 1.807) is 0 Å². The molecule has 0 atom stereocenters. The number of carbonyl (C=O) groups is 1. The Kier molecular flexibility index (Phi) is 5.29. The highest BCUT2D eigenvalue weighted by molar-refractivity contribution is 7.13. The Morgan fingerprint density at radius 2 is 2.04 bits per heavy atom. The van der Waals surface area contributed by atoms with E-state index >= 15 is 0 Å². The minimum atomic E-state index is -0.101. The topological polar surface area (TPSA) is 81.4 Å². The van der Waals surface area contributed by atoms with Gasteiger partial charge in [-0.25, -0.2) is 4.98 Å². The molecule has 28 heavy (non-hydrogen) atoms. The lowest BCUT2D eigenvalue weighted by Crippen LogP contribution is -2.25. The lowest BCUT2D eigenvalue weighted by atomic mass is 10.2. The molecule has 0 bridgehead atoms. The number of amides is 1. The molecule has 1 aromatic carbocycles. The standard InChI is InChI=1S/C20H19N5O2S/c1-2-27-16-8-6-14(7-9-16)20-22-15(13-28-20)11-19(26)21-12-18-24-23-17-5-3-4-10-25(17)18/h3-10,13H,2,11-12H2,1H3,(H,21,26). The van der Waals surface area contributed by atoms with E-state index in [0.717, 1.165) is 27.7 Å². The molecular weight excluding hydrogens is 374 g/mol. The van der Waals surface area contributed by atoms with Crippen molar-refractivity contribution in [1.29, 1.82) is 0 Å². The van der Waals surface area contributed by atoms with Crippen molar-refractivity contribution in [3.63, 3.8) is 0 Å². The number of benzene rings is 1. The first-order valence-electron chi connectivity index (χ1n) is 8.96. The first-order valence-corrected chi connectivity index (χ1v) is 9.84. The van der Waals surface area contributed by atoms with Crippen LogP contribution < -0.4 is 10.1 Å². The van der Waals surface area contributed by atoms with E-state index < -0.39 is 0 Å². The molecule has 1 amide bonds. The van der Waals surface area contributed by atoms with Gasteiger partial charge in [-0.05, 0) is 43.3 Å². The maximum atomic E-state index is 12.3. The number of pyridine rings is 1. The predicted molar refractivity (Wildman–Crippen MR) is 107 cm³/mol. The maximum Gasteiger partial charge on any atom is 0.226 e. The van der Waals surface area contributed by atoms with E-state index in [2.05, 4.69) is 20.5 Å². The van der Waals surface area contributed by atoms with Crippen LogP contribution in [0.15, 0.2) is 54.0 Å². The van der Waals surface area contributed by atoms with E-state index in [0.29, 0.717) is 19.0 Å². The zero-order valence-electron chi connectivity index (χ0n) is 15.3. The number of nitrogens with one attached hydrogen (secondary N) is 1. The lowest BCUT2D eigenvalue weighted by Gasteiger charge is -2.03. The number of rotatable bonds is 7. The van der Waals surface area contributed by atoms with E-state index in [9.17, 15) is 4.79 Å². The van der Waals surface area contributed by atoms with Gasteiger partial charge >= 0.3 is 0 Å². The van der Waals surface area contributed by atoms with Gasteiger partial charge in [0.1, 0.15) is 10.8 Å². The van der Waals surface area contributed by atoms with Crippen molar-refractivity contribution >= 4 is 22.9 Å². The largest absolute Gasteiger partial charge is 0.494 e. The smallest absolute Gasteiger partial charge is 0.226 e. The number of thiazole rings is 1. The van der Waals surface area contributed by atoms with Gasteiger partial charge < -0.3 is 10.1 Å². The van der Waals surface area contributed by atoms with Crippen LogP contribution in [-0.4, -0.2) is 32.1 Å². The van der Waals surface area contributed by atoms with Crippen LogP contribution in [0, 0.1) is 0 Å². The van der Waals surface area contributed by atoms with Crippen molar-refractivity contribution in [1.82, 2.24) is 24.9 Å². The Morgan fingerprint density at radius 1 is 1.18 bits per heavy atom. The van der Waals surface area contributed by atoms with Gasteiger partial charge in [0.25, 0.3) is 0 Å². The number of hydrogen-bond donors (Lipinski definition) is 1. The summed E-state index contributed by atoms with van der Waals surface area (Å²) in [5.74, 6) is 1.43. The first kappa shape index (κ1) is 18.1. The molecule has 0 aliphatic heterocycles. The van der Waals surface area contributed by atoms with E-state index in [1.165, 1.54) is 11.3 Å². The highest BCUT2D eigenvalue weighted by Crippen LogP contribution is 2.26. The Balaban J connectivity index is 1.36. The van der Waals surface area contributed by atoms with Gasteiger partial charge in [-0.3, -0.25) is 9.20 Å². The number of ether oxygens (including phenoxy) is 1. The summed E-state index contributed by atoms with van der Waals surface area (Å²) >= 11 is 1.52. The van der Waals surface area contributed by atoms with E-state index in [-0.39, 0.29) is 12.3 Å². The lowest BCUT2D eigenvalue weighted by molar-refractivity contribution is -0.120. The van der Waals surface area contributed by atoms with Crippen LogP contribution in [0.25, 0.3) is 16.2 Å². The second-order valence-electron chi connectivity index (χ2n) is 6.10. The molecular formula is C20H19N5O2S. The number of aromatic nitrogens is 4. The van der Waals surface area contributed by atoms with Gasteiger partial charge in [0, 0.05) is 17.1 Å². The Morgan fingerprint density at radius 3 is 2.86 bits per heavy atom. The van der Waals surface area contributed by atoms with Gasteiger partial charge in [-0.15, -0.1) is 21.5 Å². The van der Waals surface area contributed by atoms with Crippen molar-refractivity contribution < 1.29 is 9.53 Å². The zero-order chi connectivity index (χ0) is 19.3.